The van der Waals surface area contributed by atoms with Crippen LogP contribution in [-0.2, 0) is 24.0 Å². The van der Waals surface area contributed by atoms with Gasteiger partial charge < -0.3 is 59.3 Å². The molecule has 0 heterocycles. The molecule has 16 heteroatoms. The number of aliphatic carboxylic acids is 5. The number of carboxylic acids is 5. The number of nitrogens with two attached hydrogens (primary N) is 5. The molecule has 0 rings (SSSR count). The molecule has 0 saturated heterocycles. The average molecular weight is 405 g/mol. The van der Waals surface area contributed by atoms with Crippen LogP contribution in [0.25, 0.3) is 0 Å². The van der Waals surface area contributed by atoms with Crippen molar-refractivity contribution in [1.29, 1.82) is 0 Å². The molecule has 0 spiro atoms. The van der Waals surface area contributed by atoms with Crippen LogP contribution in [0.1, 0.15) is 0 Å². The van der Waals surface area contributed by atoms with Gasteiger partial charge in [-0.15, -0.1) is 0 Å². The Hall–Kier alpha value is -2.89. The Bertz CT molecular complexity index is 364. The van der Waals surface area contributed by atoms with Crippen molar-refractivity contribution in [1.82, 2.24) is 0 Å². The zero-order valence-corrected chi connectivity index (χ0v) is 14.2. The summed E-state index contributed by atoms with van der Waals surface area (Å²) in [4.78, 5) is 46.6. The standard InChI is InChI=1S/C3H7NO3.4C2H5NO2/c4-2(1-5)3(6)7;4*3-1-2(4)5/h2,5H,1,4H2,(H,6,7);4*1,3H2,(H,4,5). The van der Waals surface area contributed by atoms with Gasteiger partial charge in [0.25, 0.3) is 0 Å². The number of carbonyl (C=O) groups is 5. The molecule has 16 N–H and O–H groups in total. The molecule has 0 saturated carbocycles. The van der Waals surface area contributed by atoms with E-state index in [0.717, 1.165) is 0 Å². The maximum atomic E-state index is 9.65. The van der Waals surface area contributed by atoms with Crippen molar-refractivity contribution in [3.05, 3.63) is 0 Å². The smallest absolute Gasteiger partial charge is 0.322 e. The summed E-state index contributed by atoms with van der Waals surface area (Å²) in [7, 11) is 0. The van der Waals surface area contributed by atoms with E-state index in [0.29, 0.717) is 0 Å². The fourth-order valence-electron chi connectivity index (χ4n) is 0.0781. The normalized spacial score (nSPS) is 8.96. The van der Waals surface area contributed by atoms with Gasteiger partial charge in [0.2, 0.25) is 0 Å². The third-order valence-electron chi connectivity index (χ3n) is 1.21. The van der Waals surface area contributed by atoms with Crippen LogP contribution in [0.3, 0.4) is 0 Å². The molecule has 0 aromatic carbocycles. The van der Waals surface area contributed by atoms with Gasteiger partial charge in [-0.25, -0.2) is 0 Å². The van der Waals surface area contributed by atoms with Gasteiger partial charge in [-0.1, -0.05) is 0 Å². The van der Waals surface area contributed by atoms with E-state index in [4.69, 9.17) is 36.4 Å². The molecule has 1 atom stereocenters. The topological polar surface area (TPSA) is 337 Å². The molecule has 0 aliphatic carbocycles. The molecule has 1 unspecified atom stereocenters. The zero-order chi connectivity index (χ0) is 23.0. The Morgan fingerprint density at radius 3 is 0.741 bits per heavy atom. The van der Waals surface area contributed by atoms with Crippen LogP contribution in [0.15, 0.2) is 0 Å². The second kappa shape index (κ2) is 27.9. The van der Waals surface area contributed by atoms with Crippen LogP contribution in [0.5, 0.6) is 0 Å². The minimum Gasteiger partial charge on any atom is -0.480 e. The number of hydrogen-bond acceptors (Lipinski definition) is 11. The summed E-state index contributed by atoms with van der Waals surface area (Å²) in [6.07, 6.45) is 0. The van der Waals surface area contributed by atoms with Crippen LogP contribution < -0.4 is 28.7 Å². The molecule has 0 amide bonds. The number of rotatable bonds is 6. The van der Waals surface area contributed by atoms with E-state index in [1.165, 1.54) is 0 Å². The second-order valence-corrected chi connectivity index (χ2v) is 3.52. The van der Waals surface area contributed by atoms with Gasteiger partial charge in [0.15, 0.2) is 0 Å². The quantitative estimate of drug-likeness (QED) is 0.196. The average Bonchev–Trinajstić information content (AvgIpc) is 2.62. The highest BCUT2D eigenvalue weighted by Gasteiger charge is 2.07. The van der Waals surface area contributed by atoms with Crippen molar-refractivity contribution >= 4 is 29.8 Å². The second-order valence-electron chi connectivity index (χ2n) is 3.52. The maximum Gasteiger partial charge on any atom is 0.322 e. The fraction of sp³-hybridized carbons (Fsp3) is 0.545. The highest BCUT2D eigenvalue weighted by Crippen LogP contribution is 1.71. The van der Waals surface area contributed by atoms with E-state index < -0.39 is 42.5 Å². The van der Waals surface area contributed by atoms with E-state index in [1.807, 2.05) is 0 Å². The van der Waals surface area contributed by atoms with Gasteiger partial charge in [0.1, 0.15) is 6.04 Å². The molecule has 0 aliphatic rings. The molecule has 0 radical (unpaired) electrons. The number of carboxylic acid groups (broad SMARTS) is 5. The van der Waals surface area contributed by atoms with E-state index in [2.05, 4.69) is 22.9 Å². The highest BCUT2D eigenvalue weighted by molar-refractivity contribution is 5.73. The summed E-state index contributed by atoms with van der Waals surface area (Å²) in [6.45, 7) is -1.62. The van der Waals surface area contributed by atoms with E-state index >= 15 is 0 Å². The third-order valence-corrected chi connectivity index (χ3v) is 1.21. The maximum absolute atomic E-state index is 9.65. The first-order valence-electron chi connectivity index (χ1n) is 6.53. The Morgan fingerprint density at radius 1 is 0.593 bits per heavy atom. The molecule has 0 aliphatic heterocycles. The number of aliphatic hydroxyl groups is 1. The molecule has 0 aromatic heterocycles. The lowest BCUT2D eigenvalue weighted by molar-refractivity contribution is -0.139. The molecule has 16 nitrogen and oxygen atoms in total. The van der Waals surface area contributed by atoms with Crippen LogP contribution in [-0.4, -0.2) is 99.3 Å². The van der Waals surface area contributed by atoms with Gasteiger partial charge in [0.05, 0.1) is 32.8 Å². The molecule has 0 aromatic rings. The van der Waals surface area contributed by atoms with Gasteiger partial charge in [0, 0.05) is 0 Å². The fourth-order valence-corrected chi connectivity index (χ4v) is 0.0781. The van der Waals surface area contributed by atoms with Crippen LogP contribution in [0, 0.1) is 0 Å². The van der Waals surface area contributed by atoms with Crippen LogP contribution >= 0.6 is 0 Å². The van der Waals surface area contributed by atoms with Gasteiger partial charge in [-0.2, -0.15) is 0 Å². The van der Waals surface area contributed by atoms with Gasteiger partial charge in [-0.05, 0) is 0 Å². The minimum absolute atomic E-state index is 0.278. The molecular formula is C11H27N5O11. The largest absolute Gasteiger partial charge is 0.480 e. The minimum atomic E-state index is -1.18. The van der Waals surface area contributed by atoms with Crippen molar-refractivity contribution in [3.8, 4) is 0 Å². The molecular weight excluding hydrogens is 378 g/mol. The van der Waals surface area contributed by atoms with Crippen molar-refractivity contribution in [2.24, 2.45) is 28.7 Å². The predicted molar refractivity (Wildman–Crippen MR) is 89.5 cm³/mol. The Morgan fingerprint density at radius 2 is 0.741 bits per heavy atom. The number of hydrogen-bond donors (Lipinski definition) is 11. The van der Waals surface area contributed by atoms with Crippen LogP contribution in [0.2, 0.25) is 0 Å². The van der Waals surface area contributed by atoms with Crippen LogP contribution in [0.4, 0.5) is 0 Å². The van der Waals surface area contributed by atoms with Crippen molar-refractivity contribution in [2.75, 3.05) is 32.8 Å². The summed E-state index contributed by atoms with van der Waals surface area (Å²) in [5.74, 6) is -5.05. The molecule has 0 bridgehead atoms. The lowest BCUT2D eigenvalue weighted by Gasteiger charge is -1.96. The van der Waals surface area contributed by atoms with Gasteiger partial charge in [-0.3, -0.25) is 24.0 Å². The zero-order valence-electron chi connectivity index (χ0n) is 14.2. The van der Waals surface area contributed by atoms with E-state index in [9.17, 15) is 24.0 Å². The van der Waals surface area contributed by atoms with Crippen molar-refractivity contribution < 1.29 is 54.6 Å². The molecule has 162 valence electrons. The summed E-state index contributed by atoms with van der Waals surface area (Å²) >= 11 is 0. The van der Waals surface area contributed by atoms with Gasteiger partial charge >= 0.3 is 29.8 Å². The first-order chi connectivity index (χ1) is 12.3. The van der Waals surface area contributed by atoms with Crippen molar-refractivity contribution in [2.45, 2.75) is 6.04 Å². The first kappa shape index (κ1) is 35.3. The van der Waals surface area contributed by atoms with E-state index in [-0.39, 0.29) is 26.2 Å². The third kappa shape index (κ3) is 83.4. The summed E-state index contributed by atoms with van der Waals surface area (Å²) in [5, 5.41) is 46.3. The Kier molecular flexibility index (Phi) is 36.5. The SMILES string of the molecule is NC(CO)C(=O)O.NCC(=O)O.NCC(=O)O.NCC(=O)O.NCC(=O)O. The summed E-state index contributed by atoms with van der Waals surface area (Å²) in [6, 6.07) is -1.13. The lowest BCUT2D eigenvalue weighted by Crippen LogP contribution is -2.33. The highest BCUT2D eigenvalue weighted by atomic mass is 16.4. The van der Waals surface area contributed by atoms with Crippen molar-refractivity contribution in [3.63, 3.8) is 0 Å². The summed E-state index contributed by atoms with van der Waals surface area (Å²) in [5.41, 5.74) is 23.1. The summed E-state index contributed by atoms with van der Waals surface area (Å²) < 4.78 is 0. The molecule has 0 fully saturated rings. The number of aliphatic hydroxyl groups excluding tert-OH is 1. The monoisotopic (exact) mass is 405 g/mol. The molecule has 27 heavy (non-hydrogen) atoms. The Labute approximate surface area is 153 Å². The predicted octanol–water partition coefficient (Wildman–Crippen LogP) is -5.49. The lowest BCUT2D eigenvalue weighted by atomic mass is 10.3. The Balaban J connectivity index is -0.0000000753. The van der Waals surface area contributed by atoms with E-state index in [1.54, 1.807) is 0 Å². The first-order valence-corrected chi connectivity index (χ1v) is 6.53.